The van der Waals surface area contributed by atoms with E-state index in [-0.39, 0.29) is 0 Å². The van der Waals surface area contributed by atoms with E-state index in [4.69, 9.17) is 9.97 Å². The number of fused-ring (bicyclic) bond motifs is 5. The number of aromatic nitrogens is 2. The van der Waals surface area contributed by atoms with E-state index in [2.05, 4.69) is 206 Å². The van der Waals surface area contributed by atoms with Crippen LogP contribution in [0, 0.1) is 0 Å². The Morgan fingerprint density at radius 2 is 0.768 bits per heavy atom. The highest BCUT2D eigenvalue weighted by molar-refractivity contribution is 6.22. The smallest absolute Gasteiger partial charge is 0.160 e. The predicted octanol–water partition coefficient (Wildman–Crippen LogP) is 14.6. The van der Waals surface area contributed by atoms with Crippen molar-refractivity contribution < 1.29 is 0 Å². The molecule has 0 saturated carbocycles. The van der Waals surface area contributed by atoms with Crippen molar-refractivity contribution in [3.8, 4) is 56.0 Å². The maximum absolute atomic E-state index is 5.37. The fourth-order valence-corrected chi connectivity index (χ4v) is 8.65. The summed E-state index contributed by atoms with van der Waals surface area (Å²) in [4.78, 5) is 10.5. The molecule has 2 heteroatoms. The molecule has 0 radical (unpaired) electrons. The third kappa shape index (κ3) is 5.34. The summed E-state index contributed by atoms with van der Waals surface area (Å²) < 4.78 is 0. The van der Waals surface area contributed by atoms with Gasteiger partial charge in [0.2, 0.25) is 0 Å². The van der Waals surface area contributed by atoms with E-state index in [1.54, 1.807) is 0 Å². The van der Waals surface area contributed by atoms with Gasteiger partial charge in [-0.25, -0.2) is 9.97 Å². The van der Waals surface area contributed by atoms with Crippen LogP contribution in [0.5, 0.6) is 0 Å². The lowest BCUT2D eigenvalue weighted by atomic mass is 9.85. The third-order valence-corrected chi connectivity index (χ3v) is 11.2. The zero-order valence-corrected chi connectivity index (χ0v) is 30.5. The molecule has 0 aliphatic carbocycles. The van der Waals surface area contributed by atoms with Crippen molar-refractivity contribution in [1.29, 1.82) is 0 Å². The fourth-order valence-electron chi connectivity index (χ4n) is 8.65. The molecule has 10 aromatic carbocycles. The summed E-state index contributed by atoms with van der Waals surface area (Å²) in [7, 11) is 0. The van der Waals surface area contributed by atoms with Gasteiger partial charge in [0.25, 0.3) is 0 Å². The second-order valence-electron chi connectivity index (χ2n) is 14.5. The van der Waals surface area contributed by atoms with Gasteiger partial charge in [0, 0.05) is 16.5 Å². The molecule has 0 fully saturated rings. The number of benzene rings is 10. The first-order valence-corrected chi connectivity index (χ1v) is 19.2. The Morgan fingerprint density at radius 1 is 0.268 bits per heavy atom. The molecule has 0 bridgehead atoms. The first kappa shape index (κ1) is 32.0. The first-order valence-electron chi connectivity index (χ1n) is 19.2. The van der Waals surface area contributed by atoms with Crippen molar-refractivity contribution in [1.82, 2.24) is 9.97 Å². The molecule has 1 heterocycles. The van der Waals surface area contributed by atoms with Gasteiger partial charge in [-0.15, -0.1) is 0 Å². The quantitative estimate of drug-likeness (QED) is 0.166. The molecular weight excluding hydrogens is 677 g/mol. The number of hydrogen-bond acceptors (Lipinski definition) is 2. The van der Waals surface area contributed by atoms with Gasteiger partial charge in [0.05, 0.1) is 11.2 Å². The largest absolute Gasteiger partial charge is 0.228 e. The van der Waals surface area contributed by atoms with E-state index in [1.807, 2.05) is 0 Å². The molecule has 11 aromatic rings. The molecule has 11 rings (SSSR count). The summed E-state index contributed by atoms with van der Waals surface area (Å²) in [5.41, 5.74) is 11.1. The normalized spacial score (nSPS) is 11.6. The number of hydrogen-bond donors (Lipinski definition) is 0. The molecule has 1 aromatic heterocycles. The second kappa shape index (κ2) is 13.2. The van der Waals surface area contributed by atoms with Gasteiger partial charge in [-0.3, -0.25) is 0 Å². The molecule has 0 aliphatic heterocycles. The van der Waals surface area contributed by atoms with Gasteiger partial charge in [0.1, 0.15) is 0 Å². The van der Waals surface area contributed by atoms with Crippen LogP contribution in [0.15, 0.2) is 206 Å². The monoisotopic (exact) mass is 710 g/mol. The Labute approximate surface area is 325 Å². The van der Waals surface area contributed by atoms with Crippen molar-refractivity contribution in [2.24, 2.45) is 0 Å². The Morgan fingerprint density at radius 3 is 1.50 bits per heavy atom. The SMILES string of the molecule is c1cc(-c2cccc3ccccc23)cc(-c2nc(-c3cccc(-c4c5ccccc5c(-c5ccc6ccccc6c5)c5ccccc45)c3)nc3ccccc23)c1. The molecule has 0 spiro atoms. The minimum atomic E-state index is 0.706. The van der Waals surface area contributed by atoms with Crippen LogP contribution in [-0.4, -0.2) is 9.97 Å². The van der Waals surface area contributed by atoms with E-state index in [0.29, 0.717) is 5.82 Å². The Balaban J connectivity index is 1.08. The van der Waals surface area contributed by atoms with Crippen LogP contribution in [0.1, 0.15) is 0 Å². The molecule has 0 unspecified atom stereocenters. The molecule has 0 N–H and O–H groups in total. The van der Waals surface area contributed by atoms with Gasteiger partial charge in [-0.05, 0) is 101 Å². The standard InChI is InChI=1S/C54H34N2/c1-2-16-37-32-40(31-30-35(37)14-1)52-47-25-7-5-23-45(47)51(46-24-6-8-26-48(46)52)39-19-12-21-42(34-39)54-55-50-29-10-9-27-49(50)53(56-54)41-20-11-18-38(33-41)44-28-13-17-36-15-3-4-22-43(36)44/h1-34H. The highest BCUT2D eigenvalue weighted by atomic mass is 14.9. The zero-order valence-electron chi connectivity index (χ0n) is 30.5. The molecular formula is C54H34N2. The van der Waals surface area contributed by atoms with E-state index < -0.39 is 0 Å². The average Bonchev–Trinajstić information content (AvgIpc) is 3.27. The number of nitrogens with zero attached hydrogens (tertiary/aromatic N) is 2. The molecule has 0 amide bonds. The minimum Gasteiger partial charge on any atom is -0.228 e. The minimum absolute atomic E-state index is 0.706. The molecule has 2 nitrogen and oxygen atoms in total. The number of para-hydroxylation sites is 1. The number of rotatable bonds is 5. The van der Waals surface area contributed by atoms with E-state index in [9.17, 15) is 0 Å². The third-order valence-electron chi connectivity index (χ3n) is 11.2. The molecule has 56 heavy (non-hydrogen) atoms. The zero-order chi connectivity index (χ0) is 37.0. The summed E-state index contributed by atoms with van der Waals surface area (Å²) in [5.74, 6) is 0.706. The van der Waals surface area contributed by atoms with E-state index >= 15 is 0 Å². The molecule has 0 saturated heterocycles. The lowest BCUT2D eigenvalue weighted by Crippen LogP contribution is -1.96. The summed E-state index contributed by atoms with van der Waals surface area (Å²) in [6.07, 6.45) is 0. The lowest BCUT2D eigenvalue weighted by molar-refractivity contribution is 1.23. The van der Waals surface area contributed by atoms with Crippen LogP contribution in [0.2, 0.25) is 0 Å². The topological polar surface area (TPSA) is 25.8 Å². The van der Waals surface area contributed by atoms with Gasteiger partial charge in [0.15, 0.2) is 5.82 Å². The summed E-state index contributed by atoms with van der Waals surface area (Å²) in [5, 5.41) is 10.9. The lowest BCUT2D eigenvalue weighted by Gasteiger charge is -2.18. The van der Waals surface area contributed by atoms with Gasteiger partial charge < -0.3 is 0 Å². The Hall–Kier alpha value is -7.42. The van der Waals surface area contributed by atoms with Crippen molar-refractivity contribution >= 4 is 54.0 Å². The summed E-state index contributed by atoms with van der Waals surface area (Å²) in [6, 6.07) is 74.1. The predicted molar refractivity (Wildman–Crippen MR) is 237 cm³/mol. The van der Waals surface area contributed by atoms with Crippen LogP contribution in [-0.2, 0) is 0 Å². The van der Waals surface area contributed by atoms with E-state index in [1.165, 1.54) is 65.3 Å². The average molecular weight is 711 g/mol. The highest BCUT2D eigenvalue weighted by Crippen LogP contribution is 2.45. The van der Waals surface area contributed by atoms with Gasteiger partial charge in [-0.2, -0.15) is 0 Å². The van der Waals surface area contributed by atoms with Crippen molar-refractivity contribution in [3.05, 3.63) is 206 Å². The van der Waals surface area contributed by atoms with Crippen LogP contribution in [0.4, 0.5) is 0 Å². The fraction of sp³-hybridized carbons (Fsp3) is 0. The Kier molecular flexibility index (Phi) is 7.53. The maximum atomic E-state index is 5.37. The summed E-state index contributed by atoms with van der Waals surface area (Å²) in [6.45, 7) is 0. The van der Waals surface area contributed by atoms with Crippen molar-refractivity contribution in [3.63, 3.8) is 0 Å². The summed E-state index contributed by atoms with van der Waals surface area (Å²) >= 11 is 0. The Bertz CT molecular complexity index is 3260. The van der Waals surface area contributed by atoms with Gasteiger partial charge >= 0.3 is 0 Å². The van der Waals surface area contributed by atoms with Gasteiger partial charge in [-0.1, -0.05) is 182 Å². The molecule has 0 atom stereocenters. The first-order chi connectivity index (χ1) is 27.8. The molecule has 0 aliphatic rings. The molecule has 260 valence electrons. The van der Waals surface area contributed by atoms with E-state index in [0.717, 1.165) is 38.9 Å². The maximum Gasteiger partial charge on any atom is 0.160 e. The van der Waals surface area contributed by atoms with Crippen LogP contribution >= 0.6 is 0 Å². The second-order valence-corrected chi connectivity index (χ2v) is 14.5. The van der Waals surface area contributed by atoms with Crippen LogP contribution in [0.25, 0.3) is 110 Å². The van der Waals surface area contributed by atoms with Crippen LogP contribution in [0.3, 0.4) is 0 Å². The highest BCUT2D eigenvalue weighted by Gasteiger charge is 2.18. The van der Waals surface area contributed by atoms with Crippen molar-refractivity contribution in [2.75, 3.05) is 0 Å². The van der Waals surface area contributed by atoms with Crippen molar-refractivity contribution in [2.45, 2.75) is 0 Å². The van der Waals surface area contributed by atoms with Crippen LogP contribution < -0.4 is 0 Å².